The van der Waals surface area contributed by atoms with Gasteiger partial charge in [0.15, 0.2) is 17.3 Å². The van der Waals surface area contributed by atoms with E-state index in [1.54, 1.807) is 30.3 Å². The molecule has 140 valence electrons. The highest BCUT2D eigenvalue weighted by molar-refractivity contribution is 6.09. The molecule has 0 bridgehead atoms. The number of carbonyl (C=O) groups is 2. The summed E-state index contributed by atoms with van der Waals surface area (Å²) >= 11 is 0. The van der Waals surface area contributed by atoms with Crippen LogP contribution < -0.4 is 14.2 Å². The van der Waals surface area contributed by atoms with Crippen LogP contribution in [0.3, 0.4) is 0 Å². The number of fused-ring (bicyclic) bond motifs is 1. The van der Waals surface area contributed by atoms with Gasteiger partial charge < -0.3 is 14.2 Å². The van der Waals surface area contributed by atoms with Crippen LogP contribution in [0.15, 0.2) is 72.8 Å². The van der Waals surface area contributed by atoms with E-state index in [1.807, 2.05) is 6.07 Å². The Labute approximate surface area is 160 Å². The minimum absolute atomic E-state index is 0.0526. The first-order valence-electron chi connectivity index (χ1n) is 8.61. The lowest BCUT2D eigenvalue weighted by molar-refractivity contribution is -0.144. The summed E-state index contributed by atoms with van der Waals surface area (Å²) in [7, 11) is 0. The van der Waals surface area contributed by atoms with E-state index < -0.39 is 17.9 Å². The van der Waals surface area contributed by atoms with Crippen molar-refractivity contribution < 1.29 is 28.2 Å². The Kier molecular flexibility index (Phi) is 4.76. The molecule has 5 nitrogen and oxygen atoms in total. The van der Waals surface area contributed by atoms with Crippen LogP contribution in [-0.4, -0.2) is 24.5 Å². The maximum Gasteiger partial charge on any atom is 0.356 e. The Bertz CT molecular complexity index is 1010. The molecule has 0 unspecified atom stereocenters. The fourth-order valence-corrected chi connectivity index (χ4v) is 2.76. The molecule has 0 spiro atoms. The van der Waals surface area contributed by atoms with Crippen LogP contribution in [0.25, 0.3) is 0 Å². The van der Waals surface area contributed by atoms with Gasteiger partial charge in [0.2, 0.25) is 6.10 Å². The third-order valence-electron chi connectivity index (χ3n) is 4.21. The van der Waals surface area contributed by atoms with Gasteiger partial charge in [0, 0.05) is 11.1 Å². The number of ether oxygens (including phenoxy) is 3. The third kappa shape index (κ3) is 3.71. The second kappa shape index (κ2) is 7.52. The fraction of sp³-hybridized carbons (Fsp3) is 0.0909. The molecule has 1 heterocycles. The molecule has 0 radical (unpaired) electrons. The normalized spacial score (nSPS) is 15.0. The summed E-state index contributed by atoms with van der Waals surface area (Å²) in [6.45, 7) is 0.0526. The molecular formula is C22H15FO5. The summed E-state index contributed by atoms with van der Waals surface area (Å²) in [4.78, 5) is 24.7. The molecule has 28 heavy (non-hydrogen) atoms. The van der Waals surface area contributed by atoms with Crippen molar-refractivity contribution in [2.24, 2.45) is 0 Å². The zero-order valence-corrected chi connectivity index (χ0v) is 14.6. The van der Waals surface area contributed by atoms with Crippen molar-refractivity contribution in [1.82, 2.24) is 0 Å². The van der Waals surface area contributed by atoms with Gasteiger partial charge in [-0.3, -0.25) is 4.79 Å². The van der Waals surface area contributed by atoms with Gasteiger partial charge in [-0.15, -0.1) is 0 Å². The molecule has 0 amide bonds. The summed E-state index contributed by atoms with van der Waals surface area (Å²) in [6, 6.07) is 18.5. The number of para-hydroxylation sites is 2. The molecule has 0 aromatic heterocycles. The molecule has 3 aromatic rings. The maximum absolute atomic E-state index is 13.0. The second-order valence-electron chi connectivity index (χ2n) is 6.15. The molecule has 0 saturated carbocycles. The van der Waals surface area contributed by atoms with E-state index in [1.165, 1.54) is 36.4 Å². The molecule has 1 aliphatic rings. The Morgan fingerprint density at radius 3 is 2.14 bits per heavy atom. The minimum atomic E-state index is -0.879. The number of ketones is 1. The third-order valence-corrected chi connectivity index (χ3v) is 4.21. The van der Waals surface area contributed by atoms with Crippen LogP contribution in [0, 0.1) is 5.82 Å². The van der Waals surface area contributed by atoms with Crippen LogP contribution >= 0.6 is 0 Å². The van der Waals surface area contributed by atoms with Crippen LogP contribution in [-0.2, 0) is 4.79 Å². The standard InChI is InChI=1S/C22H15FO5/c23-16-9-5-14(6-10-16)21(24)15-7-11-17(12-8-15)27-22(25)20-13-26-18-3-1-2-4-19(18)28-20/h1-12,20H,13H2/t20-/m0/s1. The van der Waals surface area contributed by atoms with E-state index in [2.05, 4.69) is 0 Å². The monoisotopic (exact) mass is 378 g/mol. The summed E-state index contributed by atoms with van der Waals surface area (Å²) < 4.78 is 29.4. The van der Waals surface area contributed by atoms with Gasteiger partial charge in [0.25, 0.3) is 0 Å². The van der Waals surface area contributed by atoms with Crippen molar-refractivity contribution in [2.75, 3.05) is 6.61 Å². The second-order valence-corrected chi connectivity index (χ2v) is 6.15. The number of hydrogen-bond donors (Lipinski definition) is 0. The number of hydrogen-bond acceptors (Lipinski definition) is 5. The van der Waals surface area contributed by atoms with Gasteiger partial charge in [-0.05, 0) is 60.7 Å². The number of carbonyl (C=O) groups excluding carboxylic acids is 2. The van der Waals surface area contributed by atoms with Crippen LogP contribution in [0.2, 0.25) is 0 Å². The van der Waals surface area contributed by atoms with Crippen molar-refractivity contribution in [3.05, 3.63) is 89.7 Å². The van der Waals surface area contributed by atoms with Gasteiger partial charge in [0.1, 0.15) is 18.2 Å². The molecular weight excluding hydrogens is 363 g/mol. The van der Waals surface area contributed by atoms with E-state index in [0.29, 0.717) is 22.6 Å². The largest absolute Gasteiger partial charge is 0.485 e. The Hall–Kier alpha value is -3.67. The average Bonchev–Trinajstić information content (AvgIpc) is 2.74. The van der Waals surface area contributed by atoms with E-state index in [4.69, 9.17) is 14.2 Å². The highest BCUT2D eigenvalue weighted by Crippen LogP contribution is 2.31. The first-order valence-corrected chi connectivity index (χ1v) is 8.61. The van der Waals surface area contributed by atoms with Gasteiger partial charge >= 0.3 is 5.97 Å². The average molecular weight is 378 g/mol. The molecule has 1 atom stereocenters. The smallest absolute Gasteiger partial charge is 0.356 e. The predicted octanol–water partition coefficient (Wildman–Crippen LogP) is 3.80. The molecule has 0 saturated heterocycles. The van der Waals surface area contributed by atoms with Crippen molar-refractivity contribution in [3.63, 3.8) is 0 Å². The van der Waals surface area contributed by atoms with Gasteiger partial charge in [-0.1, -0.05) is 12.1 Å². The van der Waals surface area contributed by atoms with E-state index in [9.17, 15) is 14.0 Å². The van der Waals surface area contributed by atoms with E-state index in [-0.39, 0.29) is 18.1 Å². The van der Waals surface area contributed by atoms with E-state index >= 15 is 0 Å². The summed E-state index contributed by atoms with van der Waals surface area (Å²) in [5.74, 6) is 0.0928. The molecule has 0 fully saturated rings. The maximum atomic E-state index is 13.0. The predicted molar refractivity (Wildman–Crippen MR) is 98.3 cm³/mol. The lowest BCUT2D eigenvalue weighted by Crippen LogP contribution is -2.39. The SMILES string of the molecule is O=C(c1ccc(F)cc1)c1ccc(OC(=O)[C@@H]2COc3ccccc3O2)cc1. The number of benzene rings is 3. The highest BCUT2D eigenvalue weighted by atomic mass is 19.1. The zero-order valence-electron chi connectivity index (χ0n) is 14.6. The molecule has 4 rings (SSSR count). The minimum Gasteiger partial charge on any atom is -0.485 e. The molecule has 0 aliphatic carbocycles. The lowest BCUT2D eigenvalue weighted by atomic mass is 10.0. The Balaban J connectivity index is 1.41. The number of rotatable bonds is 4. The zero-order chi connectivity index (χ0) is 19.5. The number of esters is 1. The quantitative estimate of drug-likeness (QED) is 0.393. The Morgan fingerprint density at radius 2 is 1.46 bits per heavy atom. The van der Waals surface area contributed by atoms with Crippen molar-refractivity contribution >= 4 is 11.8 Å². The Morgan fingerprint density at radius 1 is 0.857 bits per heavy atom. The highest BCUT2D eigenvalue weighted by Gasteiger charge is 2.29. The lowest BCUT2D eigenvalue weighted by Gasteiger charge is -2.24. The van der Waals surface area contributed by atoms with Gasteiger partial charge in [0.05, 0.1) is 0 Å². The van der Waals surface area contributed by atoms with Crippen molar-refractivity contribution in [2.45, 2.75) is 6.10 Å². The molecule has 0 N–H and O–H groups in total. The molecule has 1 aliphatic heterocycles. The first kappa shape index (κ1) is 17.7. The first-order chi connectivity index (χ1) is 13.6. The van der Waals surface area contributed by atoms with Gasteiger partial charge in [-0.2, -0.15) is 0 Å². The molecule has 3 aromatic carbocycles. The van der Waals surface area contributed by atoms with Crippen molar-refractivity contribution in [1.29, 1.82) is 0 Å². The fourth-order valence-electron chi connectivity index (χ4n) is 2.76. The van der Waals surface area contributed by atoms with Crippen LogP contribution in [0.4, 0.5) is 4.39 Å². The van der Waals surface area contributed by atoms with Gasteiger partial charge in [-0.25, -0.2) is 9.18 Å². The van der Waals surface area contributed by atoms with Crippen molar-refractivity contribution in [3.8, 4) is 17.2 Å². The van der Waals surface area contributed by atoms with Crippen LogP contribution in [0.5, 0.6) is 17.2 Å². The summed E-state index contributed by atoms with van der Waals surface area (Å²) in [5.41, 5.74) is 0.773. The number of halogens is 1. The van der Waals surface area contributed by atoms with Crippen LogP contribution in [0.1, 0.15) is 15.9 Å². The summed E-state index contributed by atoms with van der Waals surface area (Å²) in [6.07, 6.45) is -0.879. The summed E-state index contributed by atoms with van der Waals surface area (Å²) in [5, 5.41) is 0. The van der Waals surface area contributed by atoms with E-state index in [0.717, 1.165) is 0 Å². The molecule has 6 heteroatoms. The topological polar surface area (TPSA) is 61.8 Å².